The summed E-state index contributed by atoms with van der Waals surface area (Å²) in [5, 5.41) is 26.8. The van der Waals surface area contributed by atoms with E-state index in [1.807, 2.05) is 13.8 Å². The molecule has 0 spiro atoms. The van der Waals surface area contributed by atoms with Crippen molar-refractivity contribution < 1.29 is 28.6 Å². The van der Waals surface area contributed by atoms with Gasteiger partial charge in [0.05, 0.1) is 11.3 Å². The molecule has 53 heavy (non-hydrogen) atoms. The third-order valence-electron chi connectivity index (χ3n) is 8.59. The lowest BCUT2D eigenvalue weighted by atomic mass is 10.0. The number of ether oxygens (including phenoxy) is 1. The molecule has 3 aromatic carbocycles. The van der Waals surface area contributed by atoms with Crippen LogP contribution in [0.4, 0.5) is 11.4 Å². The Morgan fingerprint density at radius 3 is 2.38 bits per heavy atom. The zero-order valence-electron chi connectivity index (χ0n) is 31.2. The number of nitrogens with zero attached hydrogens (tertiary/aromatic N) is 2. The minimum absolute atomic E-state index is 0.0816. The molecule has 13 heteroatoms. The first-order valence-corrected chi connectivity index (χ1v) is 19.6. The van der Waals surface area contributed by atoms with Crippen molar-refractivity contribution in [1.29, 1.82) is 0 Å². The molecule has 3 amide bonds. The minimum Gasteiger partial charge on any atom is -0.506 e. The summed E-state index contributed by atoms with van der Waals surface area (Å²) >= 11 is 1.12. The molecule has 4 rings (SSSR count). The van der Waals surface area contributed by atoms with Crippen LogP contribution in [0, 0.1) is 5.92 Å². The lowest BCUT2D eigenvalue weighted by molar-refractivity contribution is -0.116. The van der Waals surface area contributed by atoms with Crippen LogP contribution in [0.3, 0.4) is 0 Å². The van der Waals surface area contributed by atoms with Crippen molar-refractivity contribution in [3.05, 3.63) is 54.1 Å². The molecular formula is C40H54N6O6S. The van der Waals surface area contributed by atoms with Crippen LogP contribution in [-0.4, -0.2) is 53.3 Å². The molecule has 0 bridgehead atoms. The summed E-state index contributed by atoms with van der Waals surface area (Å²) in [6.45, 7) is 7.80. The molecule has 0 atom stereocenters. The first kappa shape index (κ1) is 41.1. The van der Waals surface area contributed by atoms with Gasteiger partial charge in [-0.15, -0.1) is 10.2 Å². The second-order valence-corrected chi connectivity index (χ2v) is 14.5. The largest absolute Gasteiger partial charge is 0.506 e. The van der Waals surface area contributed by atoms with Crippen molar-refractivity contribution in [3.8, 4) is 17.2 Å². The second-order valence-electron chi connectivity index (χ2n) is 13.5. The van der Waals surface area contributed by atoms with Crippen LogP contribution in [0.2, 0.25) is 0 Å². The molecule has 0 saturated carbocycles. The number of carbonyl (C=O) groups is 3. The molecule has 0 unspecified atom stereocenters. The van der Waals surface area contributed by atoms with Gasteiger partial charge in [-0.1, -0.05) is 96.8 Å². The van der Waals surface area contributed by atoms with Crippen LogP contribution in [0.5, 0.6) is 5.75 Å². The number of hydrogen-bond acceptors (Lipinski definition) is 10. The zero-order valence-corrected chi connectivity index (χ0v) is 32.0. The van der Waals surface area contributed by atoms with Crippen LogP contribution >= 0.6 is 11.8 Å². The Hall–Kier alpha value is -4.62. The summed E-state index contributed by atoms with van der Waals surface area (Å²) in [5.74, 6) is -0.414. The maximum Gasteiger partial charge on any atom is 0.281 e. The summed E-state index contributed by atoms with van der Waals surface area (Å²) in [5.41, 5.74) is 6.95. The molecule has 0 fully saturated rings. The minimum atomic E-state index is -0.436. The highest BCUT2D eigenvalue weighted by atomic mass is 32.2. The number of hydrazine groups is 1. The Kier molecular flexibility index (Phi) is 17.4. The van der Waals surface area contributed by atoms with Crippen molar-refractivity contribution in [2.24, 2.45) is 5.92 Å². The number of nitrogens with one attached hydrogen (secondary N) is 4. The Morgan fingerprint density at radius 2 is 1.64 bits per heavy atom. The van der Waals surface area contributed by atoms with Crippen LogP contribution in [0.1, 0.15) is 108 Å². The van der Waals surface area contributed by atoms with E-state index in [4.69, 9.17) is 9.15 Å². The summed E-state index contributed by atoms with van der Waals surface area (Å²) in [4.78, 5) is 37.5. The van der Waals surface area contributed by atoms with Crippen LogP contribution in [-0.2, 0) is 14.3 Å². The molecule has 0 aliphatic carbocycles. The molecule has 286 valence electrons. The van der Waals surface area contributed by atoms with Gasteiger partial charge in [-0.3, -0.25) is 25.2 Å². The van der Waals surface area contributed by atoms with Crippen molar-refractivity contribution >= 4 is 52.1 Å². The molecule has 0 radical (unpaired) electrons. The van der Waals surface area contributed by atoms with Crippen LogP contribution in [0.25, 0.3) is 22.2 Å². The van der Waals surface area contributed by atoms with E-state index in [-0.39, 0.29) is 34.3 Å². The number of amides is 3. The molecule has 5 N–H and O–H groups in total. The third kappa shape index (κ3) is 13.4. The average Bonchev–Trinajstić information content (AvgIpc) is 3.61. The molecule has 4 aromatic rings. The SMILES string of the molecule is CCCCCCCCCCCCOCCCNC(=O)c1cc(Sc2nnc(-c3cccc(NNC=O)c3)o2)c2c(NC(=O)CC(C)C)cccc2c1O. The predicted octanol–water partition coefficient (Wildman–Crippen LogP) is 8.86. The van der Waals surface area contributed by atoms with E-state index < -0.39 is 5.91 Å². The number of aromatic hydroxyl groups is 1. The first-order valence-electron chi connectivity index (χ1n) is 18.8. The highest BCUT2D eigenvalue weighted by Gasteiger charge is 2.22. The maximum absolute atomic E-state index is 13.5. The zero-order chi connectivity index (χ0) is 37.8. The number of unbranched alkanes of at least 4 members (excludes halogenated alkanes) is 9. The summed E-state index contributed by atoms with van der Waals surface area (Å²) in [7, 11) is 0. The number of aromatic nitrogens is 2. The third-order valence-corrected chi connectivity index (χ3v) is 9.47. The molecule has 1 heterocycles. The van der Waals surface area contributed by atoms with Gasteiger partial charge in [0.2, 0.25) is 18.2 Å². The van der Waals surface area contributed by atoms with E-state index in [2.05, 4.69) is 38.6 Å². The number of anilines is 2. The van der Waals surface area contributed by atoms with Gasteiger partial charge in [0.15, 0.2) is 0 Å². The Morgan fingerprint density at radius 1 is 0.925 bits per heavy atom. The quantitative estimate of drug-likeness (QED) is 0.0251. The number of fused-ring (bicyclic) bond motifs is 1. The highest BCUT2D eigenvalue weighted by Crippen LogP contribution is 2.43. The van der Waals surface area contributed by atoms with Gasteiger partial charge < -0.3 is 24.9 Å². The second kappa shape index (κ2) is 22.4. The first-order chi connectivity index (χ1) is 25.8. The lowest BCUT2D eigenvalue weighted by Gasteiger charge is -2.16. The summed E-state index contributed by atoms with van der Waals surface area (Å²) in [6.07, 6.45) is 14.2. The topological polar surface area (TPSA) is 168 Å². The van der Waals surface area contributed by atoms with Crippen molar-refractivity contribution in [1.82, 2.24) is 20.9 Å². The fourth-order valence-corrected chi connectivity index (χ4v) is 6.82. The van der Waals surface area contributed by atoms with Crippen LogP contribution < -0.4 is 21.5 Å². The Bertz CT molecular complexity index is 1760. The monoisotopic (exact) mass is 746 g/mol. The number of hydrogen-bond donors (Lipinski definition) is 5. The van der Waals surface area contributed by atoms with E-state index in [1.54, 1.807) is 48.5 Å². The van der Waals surface area contributed by atoms with Crippen molar-refractivity contribution in [2.45, 2.75) is 108 Å². The van der Waals surface area contributed by atoms with Gasteiger partial charge in [0.25, 0.3) is 11.1 Å². The molecule has 12 nitrogen and oxygen atoms in total. The van der Waals surface area contributed by atoms with E-state index in [1.165, 1.54) is 57.8 Å². The predicted molar refractivity (Wildman–Crippen MR) is 210 cm³/mol. The number of carbonyl (C=O) groups excluding carboxylic acids is 3. The van der Waals surface area contributed by atoms with Gasteiger partial charge in [-0.25, -0.2) is 0 Å². The van der Waals surface area contributed by atoms with Crippen molar-refractivity contribution in [3.63, 3.8) is 0 Å². The summed E-state index contributed by atoms with van der Waals surface area (Å²) in [6, 6.07) is 13.8. The molecule has 0 aliphatic heterocycles. The van der Waals surface area contributed by atoms with Gasteiger partial charge in [-0.05, 0) is 60.9 Å². The Labute approximate surface area is 316 Å². The fourth-order valence-electron chi connectivity index (χ4n) is 5.93. The van der Waals surface area contributed by atoms with Gasteiger partial charge in [-0.2, -0.15) is 0 Å². The standard InChI is InChI=1S/C40H54N6O6S/c1-4-5-6-7-8-9-10-11-12-13-22-51-23-16-21-41-38(50)32-26-34(36-31(37(32)49)19-15-20-33(36)43-35(48)24-28(2)3)53-40-46-45-39(52-40)29-17-14-18-30(25-29)44-42-27-47/h14-15,17-20,25-28,44,49H,4-13,16,21-24H2,1-3H3,(H,41,50)(H,42,47)(H,43,48). The average molecular weight is 747 g/mol. The molecular weight excluding hydrogens is 693 g/mol. The van der Waals surface area contributed by atoms with E-state index in [9.17, 15) is 19.5 Å². The van der Waals surface area contributed by atoms with Crippen LogP contribution in [0.15, 0.2) is 63.1 Å². The number of phenols is 1. The van der Waals surface area contributed by atoms with Gasteiger partial charge in [0, 0.05) is 53.1 Å². The molecule has 1 aromatic heterocycles. The maximum atomic E-state index is 13.5. The fraction of sp³-hybridized carbons (Fsp3) is 0.475. The van der Waals surface area contributed by atoms with Crippen molar-refractivity contribution in [2.75, 3.05) is 30.5 Å². The number of benzene rings is 3. The lowest BCUT2D eigenvalue weighted by Crippen LogP contribution is -2.25. The van der Waals surface area contributed by atoms with E-state index in [0.717, 1.165) is 18.2 Å². The summed E-state index contributed by atoms with van der Waals surface area (Å²) < 4.78 is 11.8. The number of phenolic OH excluding ortho intramolecular Hbond substituents is 1. The Balaban J connectivity index is 1.41. The highest BCUT2D eigenvalue weighted by molar-refractivity contribution is 7.99. The van der Waals surface area contributed by atoms with E-state index in [0.29, 0.717) is 71.6 Å². The smallest absolute Gasteiger partial charge is 0.281 e. The van der Waals surface area contributed by atoms with Gasteiger partial charge >= 0.3 is 0 Å². The molecule has 0 aliphatic rings. The number of rotatable bonds is 25. The molecule has 0 saturated heterocycles. The van der Waals surface area contributed by atoms with E-state index >= 15 is 0 Å². The normalized spacial score (nSPS) is 11.2. The van der Waals surface area contributed by atoms with Gasteiger partial charge in [0.1, 0.15) is 5.75 Å².